The molecule has 2 N–H and O–H groups in total. The molecule has 1 saturated heterocycles. The number of carbonyl (C=O) groups excluding carboxylic acids is 3. The largest absolute Gasteiger partial charge is 0.352 e. The van der Waals surface area contributed by atoms with Crippen LogP contribution in [0.5, 0.6) is 0 Å². The van der Waals surface area contributed by atoms with Gasteiger partial charge >= 0.3 is 0 Å². The Morgan fingerprint density at radius 2 is 2.04 bits per heavy atom. The molecular formula is C18H23N3O3. The van der Waals surface area contributed by atoms with Crippen molar-refractivity contribution in [1.82, 2.24) is 15.5 Å². The van der Waals surface area contributed by atoms with Gasteiger partial charge in [0.05, 0.1) is 11.1 Å². The van der Waals surface area contributed by atoms with E-state index >= 15 is 0 Å². The second-order valence-electron chi connectivity index (χ2n) is 6.85. The number of fused-ring (bicyclic) bond motifs is 1. The van der Waals surface area contributed by atoms with E-state index in [1.54, 1.807) is 6.07 Å². The number of nitrogens with one attached hydrogen (secondary N) is 2. The van der Waals surface area contributed by atoms with Gasteiger partial charge in [0.2, 0.25) is 0 Å². The Morgan fingerprint density at radius 3 is 2.79 bits per heavy atom. The van der Waals surface area contributed by atoms with E-state index in [-0.39, 0.29) is 11.5 Å². The number of benzene rings is 1. The lowest BCUT2D eigenvalue weighted by Crippen LogP contribution is -2.43. The minimum Gasteiger partial charge on any atom is -0.352 e. The molecule has 3 amide bonds. The minimum atomic E-state index is -0.440. The van der Waals surface area contributed by atoms with E-state index in [9.17, 15) is 14.4 Å². The van der Waals surface area contributed by atoms with Gasteiger partial charge in [0, 0.05) is 24.7 Å². The molecule has 2 heterocycles. The highest BCUT2D eigenvalue weighted by atomic mass is 16.2. The molecule has 1 atom stereocenters. The van der Waals surface area contributed by atoms with Crippen LogP contribution in [-0.4, -0.2) is 48.3 Å². The zero-order chi connectivity index (χ0) is 17.3. The van der Waals surface area contributed by atoms with Crippen LogP contribution in [0.3, 0.4) is 0 Å². The molecule has 24 heavy (non-hydrogen) atoms. The molecule has 1 fully saturated rings. The summed E-state index contributed by atoms with van der Waals surface area (Å²) in [6.45, 7) is 7.13. The van der Waals surface area contributed by atoms with Crippen LogP contribution < -0.4 is 10.6 Å². The fourth-order valence-corrected chi connectivity index (χ4v) is 3.38. The molecule has 3 rings (SSSR count). The smallest absolute Gasteiger partial charge is 0.258 e. The number of piperidine rings is 1. The van der Waals surface area contributed by atoms with Crippen LogP contribution in [-0.2, 0) is 0 Å². The van der Waals surface area contributed by atoms with Crippen LogP contribution in [0.15, 0.2) is 18.2 Å². The normalized spacial score (nSPS) is 20.9. The summed E-state index contributed by atoms with van der Waals surface area (Å²) in [6.07, 6.45) is 2.27. The Labute approximate surface area is 141 Å². The lowest BCUT2D eigenvalue weighted by atomic mass is 9.96. The molecule has 2 aliphatic heterocycles. The molecule has 0 spiro atoms. The highest BCUT2D eigenvalue weighted by molar-refractivity contribution is 6.22. The first-order valence-corrected chi connectivity index (χ1v) is 8.47. The highest BCUT2D eigenvalue weighted by Gasteiger charge is 2.28. The van der Waals surface area contributed by atoms with Crippen molar-refractivity contribution in [2.45, 2.75) is 32.7 Å². The lowest BCUT2D eigenvalue weighted by molar-refractivity contribution is 0.0878. The van der Waals surface area contributed by atoms with Gasteiger partial charge in [-0.1, -0.05) is 0 Å². The van der Waals surface area contributed by atoms with Gasteiger partial charge in [0.1, 0.15) is 0 Å². The quantitative estimate of drug-likeness (QED) is 0.819. The Balaban J connectivity index is 1.61. The first kappa shape index (κ1) is 16.6. The third-order valence-corrected chi connectivity index (χ3v) is 4.83. The van der Waals surface area contributed by atoms with Crippen LogP contribution in [0.4, 0.5) is 0 Å². The molecule has 6 heteroatoms. The molecule has 0 radical (unpaired) electrons. The van der Waals surface area contributed by atoms with E-state index in [1.807, 2.05) is 0 Å². The SMILES string of the molecule is CC(C)N1CCC[C@@H](CNC(=O)c2ccc3c(c2)C(=O)NC3=O)C1. The molecule has 2 aliphatic rings. The van der Waals surface area contributed by atoms with E-state index in [0.717, 1.165) is 25.9 Å². The molecule has 128 valence electrons. The number of rotatable bonds is 4. The summed E-state index contributed by atoms with van der Waals surface area (Å²) in [5.74, 6) is -0.599. The summed E-state index contributed by atoms with van der Waals surface area (Å²) in [5.41, 5.74) is 1.02. The first-order valence-electron chi connectivity index (χ1n) is 8.47. The van der Waals surface area contributed by atoms with Crippen molar-refractivity contribution < 1.29 is 14.4 Å². The number of hydrogen-bond donors (Lipinski definition) is 2. The summed E-state index contributed by atoms with van der Waals surface area (Å²) >= 11 is 0. The van der Waals surface area contributed by atoms with Crippen molar-refractivity contribution in [2.75, 3.05) is 19.6 Å². The van der Waals surface area contributed by atoms with Crippen LogP contribution in [0.25, 0.3) is 0 Å². The van der Waals surface area contributed by atoms with Gasteiger partial charge in [-0.15, -0.1) is 0 Å². The predicted octanol–water partition coefficient (Wildman–Crippen LogP) is 1.42. The van der Waals surface area contributed by atoms with Gasteiger partial charge in [0.25, 0.3) is 17.7 Å². The molecule has 1 aromatic carbocycles. The summed E-state index contributed by atoms with van der Waals surface area (Å²) in [4.78, 5) is 38.0. The maximum absolute atomic E-state index is 12.3. The Bertz CT molecular complexity index is 684. The topological polar surface area (TPSA) is 78.5 Å². The van der Waals surface area contributed by atoms with Gasteiger partial charge in [-0.05, 0) is 57.4 Å². The van der Waals surface area contributed by atoms with Gasteiger partial charge < -0.3 is 10.2 Å². The summed E-state index contributed by atoms with van der Waals surface area (Å²) in [5, 5.41) is 5.20. The van der Waals surface area contributed by atoms with Gasteiger partial charge in [-0.2, -0.15) is 0 Å². The monoisotopic (exact) mass is 329 g/mol. The first-order chi connectivity index (χ1) is 11.5. The number of hydrogen-bond acceptors (Lipinski definition) is 4. The van der Waals surface area contributed by atoms with E-state index in [0.29, 0.717) is 29.6 Å². The zero-order valence-electron chi connectivity index (χ0n) is 14.1. The third-order valence-electron chi connectivity index (χ3n) is 4.83. The Morgan fingerprint density at radius 1 is 1.29 bits per heavy atom. The molecule has 0 unspecified atom stereocenters. The van der Waals surface area contributed by atoms with Crippen LogP contribution in [0.1, 0.15) is 57.8 Å². The fourth-order valence-electron chi connectivity index (χ4n) is 3.38. The van der Waals surface area contributed by atoms with E-state index in [2.05, 4.69) is 29.4 Å². The maximum Gasteiger partial charge on any atom is 0.258 e. The Kier molecular flexibility index (Phi) is 4.66. The number of nitrogens with zero attached hydrogens (tertiary/aromatic N) is 1. The van der Waals surface area contributed by atoms with Crippen molar-refractivity contribution in [3.8, 4) is 0 Å². The van der Waals surface area contributed by atoms with Gasteiger partial charge in [-0.3, -0.25) is 19.7 Å². The van der Waals surface area contributed by atoms with Crippen LogP contribution >= 0.6 is 0 Å². The zero-order valence-corrected chi connectivity index (χ0v) is 14.1. The van der Waals surface area contributed by atoms with E-state index in [4.69, 9.17) is 0 Å². The van der Waals surface area contributed by atoms with Crippen LogP contribution in [0.2, 0.25) is 0 Å². The average Bonchev–Trinajstić information content (AvgIpc) is 2.87. The molecule has 0 bridgehead atoms. The lowest BCUT2D eigenvalue weighted by Gasteiger charge is -2.35. The standard InChI is InChI=1S/C18H23N3O3/c1-11(2)21-7-3-4-12(10-21)9-19-16(22)13-5-6-14-15(8-13)18(24)20-17(14)23/h5-6,8,11-12H,3-4,7,9-10H2,1-2H3,(H,19,22)(H,20,23,24)/t12-/m0/s1. The van der Waals surface area contributed by atoms with Crippen molar-refractivity contribution in [1.29, 1.82) is 0 Å². The molecule has 0 saturated carbocycles. The van der Waals surface area contributed by atoms with Gasteiger partial charge in [-0.25, -0.2) is 0 Å². The molecular weight excluding hydrogens is 306 g/mol. The molecule has 0 aromatic heterocycles. The Hall–Kier alpha value is -2.21. The molecule has 6 nitrogen and oxygen atoms in total. The van der Waals surface area contributed by atoms with E-state index in [1.165, 1.54) is 12.1 Å². The van der Waals surface area contributed by atoms with Crippen LogP contribution in [0, 0.1) is 5.92 Å². The van der Waals surface area contributed by atoms with Gasteiger partial charge in [0.15, 0.2) is 0 Å². The maximum atomic E-state index is 12.3. The number of likely N-dealkylation sites (tertiary alicyclic amines) is 1. The van der Waals surface area contributed by atoms with Crippen molar-refractivity contribution in [3.05, 3.63) is 34.9 Å². The molecule has 0 aliphatic carbocycles. The summed E-state index contributed by atoms with van der Waals surface area (Å²) < 4.78 is 0. The average molecular weight is 329 g/mol. The summed E-state index contributed by atoms with van der Waals surface area (Å²) in [6, 6.07) is 5.14. The van der Waals surface area contributed by atoms with Crippen molar-refractivity contribution in [2.24, 2.45) is 5.92 Å². The number of imide groups is 1. The number of carbonyl (C=O) groups is 3. The fraction of sp³-hybridized carbons (Fsp3) is 0.500. The third kappa shape index (κ3) is 3.33. The predicted molar refractivity (Wildman–Crippen MR) is 90.0 cm³/mol. The second kappa shape index (κ2) is 6.73. The molecule has 1 aromatic rings. The number of amides is 3. The minimum absolute atomic E-state index is 0.202. The van der Waals surface area contributed by atoms with E-state index < -0.39 is 11.8 Å². The highest BCUT2D eigenvalue weighted by Crippen LogP contribution is 2.19. The van der Waals surface area contributed by atoms with Crippen molar-refractivity contribution in [3.63, 3.8) is 0 Å². The van der Waals surface area contributed by atoms with Crippen molar-refractivity contribution >= 4 is 17.7 Å². The second-order valence-corrected chi connectivity index (χ2v) is 6.85. The summed E-state index contributed by atoms with van der Waals surface area (Å²) in [7, 11) is 0.